The first-order valence-electron chi connectivity index (χ1n) is 5.07. The Balaban J connectivity index is 2.35. The summed E-state index contributed by atoms with van der Waals surface area (Å²) >= 11 is 0. The van der Waals surface area contributed by atoms with Gasteiger partial charge in [0.15, 0.2) is 11.2 Å². The average molecular weight is 221 g/mol. The summed E-state index contributed by atoms with van der Waals surface area (Å²) in [5.74, 6) is 0.382. The Hall–Kier alpha value is -1.89. The van der Waals surface area contributed by atoms with Crippen molar-refractivity contribution in [3.8, 4) is 0 Å². The van der Waals surface area contributed by atoms with Crippen molar-refractivity contribution in [2.24, 2.45) is 0 Å². The first kappa shape index (κ1) is 9.34. The summed E-state index contributed by atoms with van der Waals surface area (Å²) in [6.07, 6.45) is 1.05. The highest BCUT2D eigenvalue weighted by atomic mass is 16.3. The van der Waals surface area contributed by atoms with E-state index in [1.165, 1.54) is 10.9 Å². The minimum absolute atomic E-state index is 0.0854. The normalized spacial score (nSPS) is 24.1. The number of anilines is 1. The molecule has 0 radical (unpaired) electrons. The van der Waals surface area contributed by atoms with Crippen LogP contribution < -0.4 is 10.9 Å². The fraction of sp³-hybridized carbons (Fsp3) is 0.444. The van der Waals surface area contributed by atoms with E-state index in [1.807, 2.05) is 6.92 Å². The number of nitrogens with one attached hydrogen (secondary N) is 2. The molecule has 0 spiro atoms. The lowest BCUT2D eigenvalue weighted by Crippen LogP contribution is -2.37. The molecule has 16 heavy (non-hydrogen) atoms. The molecule has 2 atom stereocenters. The van der Waals surface area contributed by atoms with Gasteiger partial charge >= 0.3 is 0 Å². The third-order valence-corrected chi connectivity index (χ3v) is 2.72. The number of aliphatic hydroxyl groups is 1. The van der Waals surface area contributed by atoms with Gasteiger partial charge < -0.3 is 15.4 Å². The van der Waals surface area contributed by atoms with Gasteiger partial charge in [0.2, 0.25) is 5.95 Å². The predicted molar refractivity (Wildman–Crippen MR) is 57.1 cm³/mol. The largest absolute Gasteiger partial charge is 0.373 e. The van der Waals surface area contributed by atoms with E-state index < -0.39 is 6.23 Å². The molecule has 0 unspecified atom stereocenters. The molecule has 3 heterocycles. The number of nitrogens with zero attached hydrogens (tertiary/aromatic N) is 3. The van der Waals surface area contributed by atoms with Crippen LogP contribution in [0.3, 0.4) is 0 Å². The lowest BCUT2D eigenvalue weighted by atomic mass is 10.2. The van der Waals surface area contributed by atoms with Gasteiger partial charge in [0.1, 0.15) is 6.23 Å². The third-order valence-electron chi connectivity index (χ3n) is 2.72. The lowest BCUT2D eigenvalue weighted by molar-refractivity contribution is 0.0805. The smallest absolute Gasteiger partial charge is 0.285 e. The first-order chi connectivity index (χ1) is 7.66. The SMILES string of the molecule is C[C@H]1C[C@@H](O)n2c(nc3[nH]cnc3c2=O)N1. The summed E-state index contributed by atoms with van der Waals surface area (Å²) < 4.78 is 1.24. The van der Waals surface area contributed by atoms with Gasteiger partial charge in [-0.15, -0.1) is 0 Å². The van der Waals surface area contributed by atoms with Gasteiger partial charge in [-0.25, -0.2) is 9.55 Å². The van der Waals surface area contributed by atoms with E-state index in [1.54, 1.807) is 0 Å². The van der Waals surface area contributed by atoms with Crippen molar-refractivity contribution in [1.82, 2.24) is 19.5 Å². The van der Waals surface area contributed by atoms with E-state index in [9.17, 15) is 9.90 Å². The van der Waals surface area contributed by atoms with Gasteiger partial charge in [-0.2, -0.15) is 4.98 Å². The predicted octanol–water partition coefficient (Wildman–Crippen LogP) is -0.185. The highest BCUT2D eigenvalue weighted by molar-refractivity contribution is 5.70. The number of aliphatic hydroxyl groups excluding tert-OH is 1. The van der Waals surface area contributed by atoms with Crippen LogP contribution in [0.2, 0.25) is 0 Å². The van der Waals surface area contributed by atoms with Gasteiger partial charge in [0.25, 0.3) is 5.56 Å². The van der Waals surface area contributed by atoms with E-state index in [4.69, 9.17) is 0 Å². The molecule has 84 valence electrons. The van der Waals surface area contributed by atoms with Crippen LogP contribution in [-0.2, 0) is 0 Å². The number of fused-ring (bicyclic) bond motifs is 2. The lowest BCUT2D eigenvalue weighted by Gasteiger charge is -2.28. The van der Waals surface area contributed by atoms with Crippen molar-refractivity contribution in [2.45, 2.75) is 25.6 Å². The maximum Gasteiger partial charge on any atom is 0.285 e. The Morgan fingerprint density at radius 2 is 2.44 bits per heavy atom. The molecule has 0 saturated heterocycles. The zero-order valence-corrected chi connectivity index (χ0v) is 8.64. The highest BCUT2D eigenvalue weighted by Crippen LogP contribution is 2.22. The number of hydrogen-bond donors (Lipinski definition) is 3. The minimum atomic E-state index is -0.840. The second kappa shape index (κ2) is 3.05. The van der Waals surface area contributed by atoms with Gasteiger partial charge in [-0.1, -0.05) is 0 Å². The number of hydrogen-bond acceptors (Lipinski definition) is 5. The summed E-state index contributed by atoms with van der Waals surface area (Å²) in [6, 6.07) is 0.0854. The molecule has 0 fully saturated rings. The fourth-order valence-corrected chi connectivity index (χ4v) is 1.98. The monoisotopic (exact) mass is 221 g/mol. The highest BCUT2D eigenvalue weighted by Gasteiger charge is 2.25. The van der Waals surface area contributed by atoms with Crippen molar-refractivity contribution in [1.29, 1.82) is 0 Å². The number of rotatable bonds is 0. The van der Waals surface area contributed by atoms with Crippen LogP contribution in [0.1, 0.15) is 19.6 Å². The Labute approximate surface area is 90.2 Å². The molecule has 0 bridgehead atoms. The maximum absolute atomic E-state index is 12.0. The summed E-state index contributed by atoms with van der Waals surface area (Å²) in [4.78, 5) is 22.9. The van der Waals surface area contributed by atoms with Crippen molar-refractivity contribution >= 4 is 17.1 Å². The van der Waals surface area contributed by atoms with Gasteiger partial charge in [-0.3, -0.25) is 4.79 Å². The van der Waals surface area contributed by atoms with E-state index in [-0.39, 0.29) is 17.1 Å². The van der Waals surface area contributed by atoms with Crippen molar-refractivity contribution in [2.75, 3.05) is 5.32 Å². The Kier molecular flexibility index (Phi) is 1.78. The minimum Gasteiger partial charge on any atom is -0.373 e. The summed E-state index contributed by atoms with van der Waals surface area (Å²) in [6.45, 7) is 1.93. The molecular weight excluding hydrogens is 210 g/mol. The molecule has 0 saturated carbocycles. The number of imidazole rings is 1. The van der Waals surface area contributed by atoms with Crippen LogP contribution in [0.25, 0.3) is 11.2 Å². The number of aromatic nitrogens is 4. The second-order valence-corrected chi connectivity index (χ2v) is 3.97. The summed E-state index contributed by atoms with van der Waals surface area (Å²) in [5, 5.41) is 12.9. The molecule has 0 aromatic carbocycles. The quantitative estimate of drug-likeness (QED) is 0.573. The van der Waals surface area contributed by atoms with Crippen LogP contribution in [0.15, 0.2) is 11.1 Å². The average Bonchev–Trinajstić information content (AvgIpc) is 2.64. The van der Waals surface area contributed by atoms with Crippen LogP contribution in [0, 0.1) is 0 Å². The molecule has 1 aliphatic rings. The molecule has 7 nitrogen and oxygen atoms in total. The van der Waals surface area contributed by atoms with Crippen LogP contribution in [0.4, 0.5) is 5.95 Å². The van der Waals surface area contributed by atoms with E-state index in [2.05, 4.69) is 20.3 Å². The summed E-state index contributed by atoms with van der Waals surface area (Å²) in [7, 11) is 0. The van der Waals surface area contributed by atoms with Crippen LogP contribution >= 0.6 is 0 Å². The summed E-state index contributed by atoms with van der Waals surface area (Å²) in [5.41, 5.74) is 0.359. The Bertz CT molecular complexity index is 601. The molecule has 0 amide bonds. The number of aromatic amines is 1. The molecule has 3 N–H and O–H groups in total. The van der Waals surface area contributed by atoms with E-state index in [0.717, 1.165) is 0 Å². The molecule has 3 rings (SSSR count). The van der Waals surface area contributed by atoms with E-state index in [0.29, 0.717) is 18.0 Å². The fourth-order valence-electron chi connectivity index (χ4n) is 1.98. The van der Waals surface area contributed by atoms with Gasteiger partial charge in [0, 0.05) is 12.5 Å². The molecule has 2 aromatic rings. The van der Waals surface area contributed by atoms with Gasteiger partial charge in [-0.05, 0) is 6.92 Å². The molecule has 2 aromatic heterocycles. The van der Waals surface area contributed by atoms with Crippen LogP contribution in [0.5, 0.6) is 0 Å². The van der Waals surface area contributed by atoms with Crippen molar-refractivity contribution < 1.29 is 5.11 Å². The molecule has 7 heteroatoms. The Morgan fingerprint density at radius 1 is 1.62 bits per heavy atom. The van der Waals surface area contributed by atoms with Gasteiger partial charge in [0.05, 0.1) is 6.33 Å². The topological polar surface area (TPSA) is 95.8 Å². The van der Waals surface area contributed by atoms with E-state index >= 15 is 0 Å². The third kappa shape index (κ3) is 1.15. The molecular formula is C9H11N5O2. The zero-order valence-electron chi connectivity index (χ0n) is 8.64. The van der Waals surface area contributed by atoms with Crippen molar-refractivity contribution in [3.63, 3.8) is 0 Å². The Morgan fingerprint density at radius 3 is 3.25 bits per heavy atom. The van der Waals surface area contributed by atoms with Crippen LogP contribution in [-0.4, -0.2) is 30.7 Å². The second-order valence-electron chi connectivity index (χ2n) is 3.97. The van der Waals surface area contributed by atoms with Crippen molar-refractivity contribution in [3.05, 3.63) is 16.7 Å². The molecule has 1 aliphatic heterocycles. The molecule has 0 aliphatic carbocycles. The zero-order chi connectivity index (χ0) is 11.3. The first-order valence-corrected chi connectivity index (χ1v) is 5.07. The maximum atomic E-state index is 12.0. The number of H-pyrrole nitrogens is 1. The standard InChI is InChI=1S/C9H11N5O2/c1-4-2-5(15)14-8(16)6-7(11-3-10-6)13-9(14)12-4/h3-5,15H,2H2,1H3,(H,10,11)(H,12,13)/t4-,5+/m0/s1.